The lowest BCUT2D eigenvalue weighted by Gasteiger charge is -2.29. The first-order valence-electron chi connectivity index (χ1n) is 9.22. The van der Waals surface area contributed by atoms with Gasteiger partial charge in [0.1, 0.15) is 11.5 Å². The number of para-hydroxylation sites is 1. The number of ether oxygens (including phenoxy) is 1. The highest BCUT2D eigenvalue weighted by atomic mass is 127. The Bertz CT molecular complexity index is 702. The zero-order chi connectivity index (χ0) is 18.2. The van der Waals surface area contributed by atoms with Crippen molar-refractivity contribution in [2.45, 2.75) is 38.3 Å². The van der Waals surface area contributed by atoms with Crippen LogP contribution in [0.2, 0.25) is 0 Å². The highest BCUT2D eigenvalue weighted by Gasteiger charge is 2.22. The predicted octanol–water partition coefficient (Wildman–Crippen LogP) is 3.27. The predicted molar refractivity (Wildman–Crippen MR) is 117 cm³/mol. The summed E-state index contributed by atoms with van der Waals surface area (Å²) in [4.78, 5) is 4.68. The van der Waals surface area contributed by atoms with Crippen LogP contribution >= 0.6 is 24.0 Å². The lowest BCUT2D eigenvalue weighted by molar-refractivity contribution is 0.248. The van der Waals surface area contributed by atoms with Gasteiger partial charge in [-0.15, -0.1) is 24.0 Å². The van der Waals surface area contributed by atoms with E-state index in [-0.39, 0.29) is 42.7 Å². The van der Waals surface area contributed by atoms with Crippen LogP contribution in [-0.2, 0) is 6.42 Å². The van der Waals surface area contributed by atoms with E-state index in [1.165, 1.54) is 0 Å². The molecule has 0 amide bonds. The fraction of sp³-hybridized carbons (Fsp3) is 0.450. The number of aliphatic hydroxyl groups excluding tert-OH is 1. The van der Waals surface area contributed by atoms with Gasteiger partial charge >= 0.3 is 0 Å². The van der Waals surface area contributed by atoms with Crippen molar-refractivity contribution < 1.29 is 14.3 Å². The topological polar surface area (TPSA) is 79.0 Å². The van der Waals surface area contributed by atoms with E-state index in [2.05, 4.69) is 21.7 Å². The maximum atomic E-state index is 9.53. The molecule has 148 valence electrons. The number of hydrogen-bond donors (Lipinski definition) is 3. The van der Waals surface area contributed by atoms with Crippen LogP contribution in [0.15, 0.2) is 52.1 Å². The van der Waals surface area contributed by atoms with Crippen LogP contribution in [0.1, 0.15) is 37.1 Å². The van der Waals surface area contributed by atoms with Crippen LogP contribution in [0.3, 0.4) is 0 Å². The summed E-state index contributed by atoms with van der Waals surface area (Å²) in [6, 6.07) is 12.0. The molecule has 0 bridgehead atoms. The summed E-state index contributed by atoms with van der Waals surface area (Å²) >= 11 is 0. The normalized spacial score (nSPS) is 17.3. The molecule has 0 saturated heterocycles. The third kappa shape index (κ3) is 6.14. The number of nitrogens with one attached hydrogen (secondary N) is 2. The molecule has 7 heteroatoms. The van der Waals surface area contributed by atoms with E-state index in [0.717, 1.165) is 36.3 Å². The molecule has 2 aromatic rings. The van der Waals surface area contributed by atoms with Crippen molar-refractivity contribution in [3.8, 4) is 5.75 Å². The number of aliphatic hydroxyl groups is 1. The third-order valence-electron chi connectivity index (χ3n) is 4.53. The molecule has 3 N–H and O–H groups in total. The van der Waals surface area contributed by atoms with Gasteiger partial charge in [0.05, 0.1) is 31.6 Å². The number of hydrogen-bond acceptors (Lipinski definition) is 4. The highest BCUT2D eigenvalue weighted by molar-refractivity contribution is 14.0. The molecule has 2 heterocycles. The molecular weight excluding hydrogens is 457 g/mol. The molecule has 6 nitrogen and oxygen atoms in total. The minimum atomic E-state index is -0.0278. The van der Waals surface area contributed by atoms with E-state index in [1.54, 1.807) is 6.26 Å². The van der Waals surface area contributed by atoms with Crippen molar-refractivity contribution in [2.24, 2.45) is 4.99 Å². The Morgan fingerprint density at radius 2 is 2.15 bits per heavy atom. The highest BCUT2D eigenvalue weighted by Crippen LogP contribution is 2.31. The molecule has 0 fully saturated rings. The third-order valence-corrected chi connectivity index (χ3v) is 4.53. The number of guanidine groups is 1. The Hall–Kier alpha value is -1.74. The van der Waals surface area contributed by atoms with Crippen molar-refractivity contribution in [2.75, 3.05) is 19.8 Å². The molecule has 0 saturated carbocycles. The van der Waals surface area contributed by atoms with E-state index in [0.29, 0.717) is 19.1 Å². The summed E-state index contributed by atoms with van der Waals surface area (Å²) in [5, 5.41) is 16.4. The van der Waals surface area contributed by atoms with Crippen LogP contribution in [0, 0.1) is 0 Å². The van der Waals surface area contributed by atoms with E-state index in [1.807, 2.05) is 37.3 Å². The average Bonchev–Trinajstić information content (AvgIpc) is 3.19. The van der Waals surface area contributed by atoms with Crippen LogP contribution in [0.25, 0.3) is 0 Å². The summed E-state index contributed by atoms with van der Waals surface area (Å²) in [5.74, 6) is 2.54. The Morgan fingerprint density at radius 3 is 2.89 bits per heavy atom. The lowest BCUT2D eigenvalue weighted by atomic mass is 10.0. The second kappa shape index (κ2) is 11.2. The molecule has 1 aromatic heterocycles. The molecule has 1 unspecified atom stereocenters. The van der Waals surface area contributed by atoms with Crippen molar-refractivity contribution in [3.63, 3.8) is 0 Å². The molecule has 1 aliphatic heterocycles. The minimum absolute atomic E-state index is 0. The fourth-order valence-electron chi connectivity index (χ4n) is 2.99. The number of nitrogens with zero attached hydrogens (tertiary/aromatic N) is 1. The van der Waals surface area contributed by atoms with Gasteiger partial charge in [0, 0.05) is 24.9 Å². The van der Waals surface area contributed by atoms with Gasteiger partial charge in [-0.2, -0.15) is 0 Å². The van der Waals surface area contributed by atoms with Gasteiger partial charge in [-0.1, -0.05) is 25.1 Å². The van der Waals surface area contributed by atoms with E-state index in [9.17, 15) is 5.11 Å². The Balaban J connectivity index is 0.00000261. The van der Waals surface area contributed by atoms with Crippen molar-refractivity contribution in [1.29, 1.82) is 0 Å². The summed E-state index contributed by atoms with van der Waals surface area (Å²) < 4.78 is 11.1. The smallest absolute Gasteiger partial charge is 0.192 e. The number of furan rings is 1. The van der Waals surface area contributed by atoms with Crippen molar-refractivity contribution >= 4 is 29.9 Å². The molecule has 27 heavy (non-hydrogen) atoms. The molecule has 1 aromatic carbocycles. The van der Waals surface area contributed by atoms with E-state index in [4.69, 9.17) is 9.15 Å². The number of fused-ring (bicyclic) bond motifs is 1. The molecule has 0 radical (unpaired) electrons. The second-order valence-electron chi connectivity index (χ2n) is 6.36. The Labute approximate surface area is 177 Å². The quantitative estimate of drug-likeness (QED) is 0.319. The van der Waals surface area contributed by atoms with E-state index < -0.39 is 0 Å². The largest absolute Gasteiger partial charge is 0.493 e. The van der Waals surface area contributed by atoms with Gasteiger partial charge in [0.2, 0.25) is 0 Å². The number of rotatable bonds is 7. The summed E-state index contributed by atoms with van der Waals surface area (Å²) in [6.07, 6.45) is 4.10. The van der Waals surface area contributed by atoms with Gasteiger partial charge in [-0.05, 0) is 24.6 Å². The Kier molecular flexibility index (Phi) is 8.93. The van der Waals surface area contributed by atoms with Crippen LogP contribution < -0.4 is 15.4 Å². The number of halogens is 1. The first-order valence-corrected chi connectivity index (χ1v) is 9.22. The summed E-state index contributed by atoms with van der Waals surface area (Å²) in [7, 11) is 0. The standard InChI is InChI=1S/C20H27N3O3.HI/c1-2-15(14-24)22-20(21-11-9-16-6-5-12-25-16)23-18-10-13-26-19-8-4-3-7-17(18)19;/h3-8,12,15,18,24H,2,9-11,13-14H2,1H3,(H2,21,22,23);1H/t15-,18?;/m1./s1. The maximum Gasteiger partial charge on any atom is 0.192 e. The molecule has 0 aliphatic carbocycles. The number of benzene rings is 1. The van der Waals surface area contributed by atoms with Gasteiger partial charge in [0.25, 0.3) is 0 Å². The zero-order valence-corrected chi connectivity index (χ0v) is 17.9. The molecular formula is C20H28IN3O3. The van der Waals surface area contributed by atoms with Crippen LogP contribution in [0.5, 0.6) is 5.75 Å². The minimum Gasteiger partial charge on any atom is -0.493 e. The fourth-order valence-corrected chi connectivity index (χ4v) is 2.99. The summed E-state index contributed by atoms with van der Waals surface area (Å²) in [5.41, 5.74) is 1.14. The first kappa shape index (κ1) is 21.6. The van der Waals surface area contributed by atoms with Crippen LogP contribution in [0.4, 0.5) is 0 Å². The van der Waals surface area contributed by atoms with Gasteiger partial charge in [-0.25, -0.2) is 0 Å². The second-order valence-corrected chi connectivity index (χ2v) is 6.36. The molecule has 1 aliphatic rings. The zero-order valence-electron chi connectivity index (χ0n) is 15.6. The Morgan fingerprint density at radius 1 is 1.30 bits per heavy atom. The summed E-state index contributed by atoms with van der Waals surface area (Å²) in [6.45, 7) is 3.39. The van der Waals surface area contributed by atoms with Gasteiger partial charge < -0.3 is 24.9 Å². The van der Waals surface area contributed by atoms with E-state index >= 15 is 0 Å². The van der Waals surface area contributed by atoms with Gasteiger partial charge in [-0.3, -0.25) is 4.99 Å². The first-order chi connectivity index (χ1) is 12.8. The molecule has 2 atom stereocenters. The molecule has 0 spiro atoms. The van der Waals surface area contributed by atoms with Crippen molar-refractivity contribution in [3.05, 3.63) is 54.0 Å². The van der Waals surface area contributed by atoms with Crippen molar-refractivity contribution in [1.82, 2.24) is 10.6 Å². The molecule has 3 rings (SSSR count). The number of aliphatic imine (C=N–C) groups is 1. The SMILES string of the molecule is CC[C@H](CO)NC(=NCCc1ccco1)NC1CCOc2ccccc21.I. The van der Waals surface area contributed by atoms with Crippen LogP contribution in [-0.4, -0.2) is 36.9 Å². The lowest BCUT2D eigenvalue weighted by Crippen LogP contribution is -2.46. The average molecular weight is 485 g/mol. The monoisotopic (exact) mass is 485 g/mol. The van der Waals surface area contributed by atoms with Gasteiger partial charge in [0.15, 0.2) is 5.96 Å². The maximum absolute atomic E-state index is 9.53.